The Morgan fingerprint density at radius 3 is 2.45 bits per heavy atom. The van der Waals surface area contributed by atoms with Crippen molar-refractivity contribution in [2.75, 3.05) is 33.4 Å². The third-order valence-electron chi connectivity index (χ3n) is 2.95. The fraction of sp³-hybridized carbons (Fsp3) is 0.500. The monoisotopic (exact) mass is 308 g/mol. The molecule has 1 aromatic carbocycles. The fourth-order valence-electron chi connectivity index (χ4n) is 1.80. The highest BCUT2D eigenvalue weighted by atomic mass is 16.5. The van der Waals surface area contributed by atoms with Gasteiger partial charge in [0, 0.05) is 20.1 Å². The molecule has 6 heteroatoms. The molecule has 0 radical (unpaired) electrons. The third kappa shape index (κ3) is 7.64. The third-order valence-corrected chi connectivity index (χ3v) is 2.95. The number of carbonyl (C=O) groups excluding carboxylic acids is 2. The second-order valence-corrected chi connectivity index (χ2v) is 4.70. The zero-order valence-corrected chi connectivity index (χ0v) is 13.2. The van der Waals surface area contributed by atoms with Crippen LogP contribution in [0.4, 0.5) is 0 Å². The molecule has 0 unspecified atom stereocenters. The Bertz CT molecular complexity index is 460. The lowest BCUT2D eigenvalue weighted by Gasteiger charge is -2.07. The lowest BCUT2D eigenvalue weighted by Crippen LogP contribution is -2.38. The van der Waals surface area contributed by atoms with Crippen molar-refractivity contribution in [3.63, 3.8) is 0 Å². The molecule has 1 aromatic rings. The molecular weight excluding hydrogens is 284 g/mol. The molecule has 0 aliphatic rings. The van der Waals surface area contributed by atoms with Gasteiger partial charge in [-0.05, 0) is 31.0 Å². The van der Waals surface area contributed by atoms with E-state index in [0.717, 1.165) is 11.3 Å². The lowest BCUT2D eigenvalue weighted by molar-refractivity contribution is -0.126. The van der Waals surface area contributed by atoms with E-state index in [1.54, 1.807) is 7.11 Å². The van der Waals surface area contributed by atoms with E-state index in [2.05, 4.69) is 10.6 Å². The molecule has 122 valence electrons. The molecule has 0 bridgehead atoms. The minimum atomic E-state index is -0.216. The number of amides is 2. The normalized spacial score (nSPS) is 10.1. The minimum Gasteiger partial charge on any atom is -0.494 e. The van der Waals surface area contributed by atoms with Crippen molar-refractivity contribution >= 4 is 11.8 Å². The van der Waals surface area contributed by atoms with Crippen LogP contribution in [0.3, 0.4) is 0 Å². The first kappa shape index (κ1) is 18.0. The number of nitrogens with one attached hydrogen (secondary N) is 2. The van der Waals surface area contributed by atoms with Crippen LogP contribution in [0.25, 0.3) is 0 Å². The van der Waals surface area contributed by atoms with E-state index in [1.807, 2.05) is 31.2 Å². The van der Waals surface area contributed by atoms with Gasteiger partial charge in [0.1, 0.15) is 5.75 Å². The Kier molecular flexibility index (Phi) is 8.67. The zero-order valence-electron chi connectivity index (χ0n) is 13.2. The molecule has 1 rings (SSSR count). The summed E-state index contributed by atoms with van der Waals surface area (Å²) in [7, 11) is 1.56. The van der Waals surface area contributed by atoms with Gasteiger partial charge in [0.15, 0.2) is 0 Å². The van der Waals surface area contributed by atoms with Gasteiger partial charge < -0.3 is 20.1 Å². The molecule has 0 aliphatic heterocycles. The smallest absolute Gasteiger partial charge is 0.239 e. The number of hydrogen-bond acceptors (Lipinski definition) is 4. The van der Waals surface area contributed by atoms with Gasteiger partial charge in [-0.2, -0.15) is 0 Å². The molecule has 2 amide bonds. The molecule has 22 heavy (non-hydrogen) atoms. The minimum absolute atomic E-state index is 0.00811. The number of rotatable bonds is 10. The molecule has 0 saturated heterocycles. The van der Waals surface area contributed by atoms with Crippen molar-refractivity contribution in [1.29, 1.82) is 0 Å². The van der Waals surface area contributed by atoms with Gasteiger partial charge in [0.05, 0.1) is 19.8 Å². The largest absolute Gasteiger partial charge is 0.494 e. The molecule has 0 fully saturated rings. The van der Waals surface area contributed by atoms with E-state index in [0.29, 0.717) is 32.6 Å². The summed E-state index contributed by atoms with van der Waals surface area (Å²) in [6.45, 7) is 3.46. The zero-order chi connectivity index (χ0) is 16.2. The van der Waals surface area contributed by atoms with Crippen molar-refractivity contribution in [2.45, 2.75) is 19.8 Å². The van der Waals surface area contributed by atoms with Crippen LogP contribution in [0.5, 0.6) is 5.75 Å². The maximum atomic E-state index is 11.7. The number of carbonyl (C=O) groups is 2. The maximum absolute atomic E-state index is 11.7. The first-order chi connectivity index (χ1) is 10.7. The summed E-state index contributed by atoms with van der Waals surface area (Å²) < 4.78 is 10.2. The Morgan fingerprint density at radius 1 is 1.09 bits per heavy atom. The van der Waals surface area contributed by atoms with E-state index in [1.165, 1.54) is 0 Å². The molecule has 0 heterocycles. The van der Waals surface area contributed by atoms with E-state index in [4.69, 9.17) is 9.47 Å². The van der Waals surface area contributed by atoms with E-state index < -0.39 is 0 Å². The predicted octanol–water partition coefficient (Wildman–Crippen LogP) is 0.897. The van der Waals surface area contributed by atoms with Crippen LogP contribution in [0.1, 0.15) is 18.9 Å². The molecule has 0 aromatic heterocycles. The van der Waals surface area contributed by atoms with Crippen LogP contribution >= 0.6 is 0 Å². The van der Waals surface area contributed by atoms with Gasteiger partial charge in [0.2, 0.25) is 11.8 Å². The second kappa shape index (κ2) is 10.6. The van der Waals surface area contributed by atoms with E-state index in [9.17, 15) is 9.59 Å². The van der Waals surface area contributed by atoms with Gasteiger partial charge >= 0.3 is 0 Å². The quantitative estimate of drug-likeness (QED) is 0.630. The van der Waals surface area contributed by atoms with Crippen molar-refractivity contribution in [3.05, 3.63) is 29.8 Å². The van der Waals surface area contributed by atoms with Crippen molar-refractivity contribution < 1.29 is 19.1 Å². The van der Waals surface area contributed by atoms with Gasteiger partial charge in [-0.25, -0.2) is 0 Å². The Labute approximate surface area is 131 Å². The topological polar surface area (TPSA) is 76.7 Å². The van der Waals surface area contributed by atoms with Crippen molar-refractivity contribution in [3.8, 4) is 5.75 Å². The molecule has 0 saturated carbocycles. The summed E-state index contributed by atoms with van der Waals surface area (Å²) in [5.41, 5.74) is 1.06. The molecule has 2 N–H and O–H groups in total. The second-order valence-electron chi connectivity index (χ2n) is 4.70. The van der Waals surface area contributed by atoms with Crippen LogP contribution in [-0.4, -0.2) is 45.2 Å². The number of hydrogen-bond donors (Lipinski definition) is 2. The maximum Gasteiger partial charge on any atom is 0.239 e. The summed E-state index contributed by atoms with van der Waals surface area (Å²) in [6.07, 6.45) is 0.975. The van der Waals surface area contributed by atoms with E-state index >= 15 is 0 Å². The summed E-state index contributed by atoms with van der Waals surface area (Å²) >= 11 is 0. The number of benzene rings is 1. The van der Waals surface area contributed by atoms with E-state index in [-0.39, 0.29) is 18.4 Å². The lowest BCUT2D eigenvalue weighted by atomic mass is 10.1. The Morgan fingerprint density at radius 2 is 1.82 bits per heavy atom. The number of ether oxygens (including phenoxy) is 2. The van der Waals surface area contributed by atoms with Gasteiger partial charge in [-0.3, -0.25) is 9.59 Å². The van der Waals surface area contributed by atoms with Crippen LogP contribution in [0.2, 0.25) is 0 Å². The molecule has 0 aliphatic carbocycles. The highest BCUT2D eigenvalue weighted by Gasteiger charge is 2.05. The molecular formula is C16H24N2O4. The average molecular weight is 308 g/mol. The van der Waals surface area contributed by atoms with Gasteiger partial charge in [-0.1, -0.05) is 12.1 Å². The van der Waals surface area contributed by atoms with Crippen LogP contribution in [0, 0.1) is 0 Å². The Balaban J connectivity index is 2.21. The summed E-state index contributed by atoms with van der Waals surface area (Å²) in [4.78, 5) is 23.1. The first-order valence-electron chi connectivity index (χ1n) is 7.39. The van der Waals surface area contributed by atoms with Crippen LogP contribution in [0.15, 0.2) is 24.3 Å². The van der Waals surface area contributed by atoms with Gasteiger partial charge in [0.25, 0.3) is 0 Å². The van der Waals surface area contributed by atoms with Crippen molar-refractivity contribution in [2.24, 2.45) is 0 Å². The van der Waals surface area contributed by atoms with Crippen molar-refractivity contribution in [1.82, 2.24) is 10.6 Å². The van der Waals surface area contributed by atoms with Crippen LogP contribution < -0.4 is 15.4 Å². The molecule has 0 spiro atoms. The summed E-state index contributed by atoms with van der Waals surface area (Å²) in [6, 6.07) is 7.66. The highest BCUT2D eigenvalue weighted by molar-refractivity contribution is 5.84. The predicted molar refractivity (Wildman–Crippen MR) is 83.8 cm³/mol. The van der Waals surface area contributed by atoms with Gasteiger partial charge in [-0.15, -0.1) is 0 Å². The molecule has 6 nitrogen and oxygen atoms in total. The summed E-state index contributed by atoms with van der Waals surface area (Å²) in [5.74, 6) is 0.464. The first-order valence-corrected chi connectivity index (χ1v) is 7.39. The van der Waals surface area contributed by atoms with Crippen LogP contribution in [-0.2, 0) is 20.7 Å². The SMILES string of the molecule is CCOc1ccc(CCC(=O)NCC(=O)NCCOC)cc1. The fourth-order valence-corrected chi connectivity index (χ4v) is 1.80. The highest BCUT2D eigenvalue weighted by Crippen LogP contribution is 2.13. The summed E-state index contributed by atoms with van der Waals surface area (Å²) in [5, 5.41) is 5.23. The Hall–Kier alpha value is -2.08. The molecule has 0 atom stereocenters. The number of methoxy groups -OCH3 is 1. The standard InChI is InChI=1S/C16H24N2O4/c1-3-22-14-7-4-13(5-8-14)6-9-15(19)18-12-16(20)17-10-11-21-2/h4-5,7-8H,3,6,9-12H2,1-2H3,(H,17,20)(H,18,19). The number of aryl methyl sites for hydroxylation is 1. The average Bonchev–Trinajstić information content (AvgIpc) is 2.53.